The molecule has 0 aliphatic heterocycles. The third kappa shape index (κ3) is 4.53. The molecule has 0 fully saturated rings. The Labute approximate surface area is 175 Å². The van der Waals surface area contributed by atoms with Gasteiger partial charge in [0.05, 0.1) is 0 Å². The number of anilines is 1. The third-order valence-electron chi connectivity index (χ3n) is 5.09. The molecule has 0 aliphatic rings. The molecule has 1 aromatic carbocycles. The normalized spacial score (nSPS) is 12.1. The van der Waals surface area contributed by atoms with Crippen LogP contribution >= 0.6 is 0 Å². The highest BCUT2D eigenvalue weighted by molar-refractivity contribution is 5.83. The van der Waals surface area contributed by atoms with Gasteiger partial charge in [-0.15, -0.1) is 0 Å². The van der Waals surface area contributed by atoms with Crippen molar-refractivity contribution >= 4 is 22.8 Å². The summed E-state index contributed by atoms with van der Waals surface area (Å²) < 4.78 is 4.36. The van der Waals surface area contributed by atoms with Crippen LogP contribution in [-0.4, -0.2) is 24.4 Å². The summed E-state index contributed by atoms with van der Waals surface area (Å²) in [4.78, 5) is 29.8. The number of nitrogens with one attached hydrogen (secondary N) is 1. The van der Waals surface area contributed by atoms with Gasteiger partial charge >= 0.3 is 5.69 Å². The molecule has 0 saturated heterocycles. The van der Waals surface area contributed by atoms with E-state index in [1.807, 2.05) is 29.7 Å². The predicted octanol–water partition coefficient (Wildman–Crippen LogP) is 2.90. The van der Waals surface area contributed by atoms with E-state index in [0.29, 0.717) is 29.6 Å². The second-order valence-electron chi connectivity index (χ2n) is 8.11. The van der Waals surface area contributed by atoms with E-state index < -0.39 is 5.69 Å². The van der Waals surface area contributed by atoms with Gasteiger partial charge in [-0.05, 0) is 37.7 Å². The summed E-state index contributed by atoms with van der Waals surface area (Å²) in [5.41, 5.74) is 5.24. The van der Waals surface area contributed by atoms with Crippen molar-refractivity contribution in [3.8, 4) is 0 Å². The molecule has 0 amide bonds. The molecule has 30 heavy (non-hydrogen) atoms. The van der Waals surface area contributed by atoms with Crippen molar-refractivity contribution in [2.24, 2.45) is 25.1 Å². The largest absolute Gasteiger partial charge is 0.332 e. The van der Waals surface area contributed by atoms with Crippen molar-refractivity contribution in [3.05, 3.63) is 56.7 Å². The Balaban J connectivity index is 1.99. The Kier molecular flexibility index (Phi) is 6.54. The lowest BCUT2D eigenvalue weighted by Crippen LogP contribution is -2.37. The standard InChI is InChI=1S/C22H30N6O2/c1-15(2)14-16(3)24-25-21-23-19-18(20(29)27(5)22(30)26(19)4)28(21)13-9-12-17-10-7-6-8-11-17/h6-8,10-11,15H,9,12-14H2,1-5H3,(H,23,25). The van der Waals surface area contributed by atoms with Crippen LogP contribution in [-0.2, 0) is 27.1 Å². The zero-order chi connectivity index (χ0) is 21.8. The highest BCUT2D eigenvalue weighted by Crippen LogP contribution is 2.17. The van der Waals surface area contributed by atoms with E-state index in [9.17, 15) is 9.59 Å². The fourth-order valence-electron chi connectivity index (χ4n) is 3.62. The zero-order valence-corrected chi connectivity index (χ0v) is 18.3. The summed E-state index contributed by atoms with van der Waals surface area (Å²) in [6.07, 6.45) is 2.56. The van der Waals surface area contributed by atoms with Gasteiger partial charge < -0.3 is 4.57 Å². The first-order valence-electron chi connectivity index (χ1n) is 10.3. The number of benzene rings is 1. The maximum Gasteiger partial charge on any atom is 0.332 e. The Bertz CT molecular complexity index is 1170. The van der Waals surface area contributed by atoms with Crippen molar-refractivity contribution in [3.63, 3.8) is 0 Å². The van der Waals surface area contributed by atoms with Gasteiger partial charge in [0, 0.05) is 26.4 Å². The lowest BCUT2D eigenvalue weighted by Gasteiger charge is -2.10. The Morgan fingerprint density at radius 3 is 2.50 bits per heavy atom. The van der Waals surface area contributed by atoms with Crippen LogP contribution in [0.2, 0.25) is 0 Å². The first-order chi connectivity index (χ1) is 14.3. The molecule has 3 rings (SSSR count). The van der Waals surface area contributed by atoms with Crippen LogP contribution in [0.3, 0.4) is 0 Å². The van der Waals surface area contributed by atoms with Gasteiger partial charge in [0.25, 0.3) is 5.56 Å². The van der Waals surface area contributed by atoms with Crippen molar-refractivity contribution in [1.29, 1.82) is 0 Å². The fourth-order valence-corrected chi connectivity index (χ4v) is 3.62. The van der Waals surface area contributed by atoms with Crippen LogP contribution in [0, 0.1) is 5.92 Å². The number of rotatable bonds is 8. The van der Waals surface area contributed by atoms with Gasteiger partial charge in [-0.2, -0.15) is 10.1 Å². The van der Waals surface area contributed by atoms with Crippen LogP contribution in [0.15, 0.2) is 45.0 Å². The van der Waals surface area contributed by atoms with E-state index in [1.165, 1.54) is 17.2 Å². The second kappa shape index (κ2) is 9.11. The number of hydrogen-bond acceptors (Lipinski definition) is 5. The molecule has 8 nitrogen and oxygen atoms in total. The Hall–Kier alpha value is -3.16. The van der Waals surface area contributed by atoms with E-state index >= 15 is 0 Å². The molecule has 3 aromatic rings. The third-order valence-corrected chi connectivity index (χ3v) is 5.09. The molecule has 0 radical (unpaired) electrons. The smallest absolute Gasteiger partial charge is 0.303 e. The molecule has 2 heterocycles. The number of nitrogens with zero attached hydrogens (tertiary/aromatic N) is 5. The molecule has 0 bridgehead atoms. The maximum absolute atomic E-state index is 12.9. The molecule has 0 aliphatic carbocycles. The van der Waals surface area contributed by atoms with Gasteiger partial charge in [-0.3, -0.25) is 13.9 Å². The second-order valence-corrected chi connectivity index (χ2v) is 8.11. The van der Waals surface area contributed by atoms with E-state index in [4.69, 9.17) is 0 Å². The van der Waals surface area contributed by atoms with Crippen LogP contribution in [0.25, 0.3) is 11.2 Å². The summed E-state index contributed by atoms with van der Waals surface area (Å²) in [5.74, 6) is 0.966. The molecule has 0 unspecified atom stereocenters. The first kappa shape index (κ1) is 21.5. The highest BCUT2D eigenvalue weighted by atomic mass is 16.2. The number of hydrogen-bond donors (Lipinski definition) is 1. The quantitative estimate of drug-likeness (QED) is 0.457. The first-order valence-corrected chi connectivity index (χ1v) is 10.3. The SMILES string of the molecule is CC(CC(C)C)=NNc1nc2c(c(=O)n(C)c(=O)n2C)n1CCCc1ccccc1. The number of imidazole rings is 1. The average Bonchev–Trinajstić information content (AvgIpc) is 3.08. The van der Waals surface area contributed by atoms with E-state index in [0.717, 1.165) is 29.5 Å². The van der Waals surface area contributed by atoms with Crippen molar-refractivity contribution < 1.29 is 0 Å². The molecule has 0 saturated carbocycles. The van der Waals surface area contributed by atoms with Crippen LogP contribution in [0.1, 0.15) is 39.2 Å². The van der Waals surface area contributed by atoms with Gasteiger partial charge in [-0.25, -0.2) is 10.2 Å². The molecule has 8 heteroatoms. The minimum atomic E-state index is -0.396. The molecule has 0 atom stereocenters. The summed E-state index contributed by atoms with van der Waals surface area (Å²) in [6, 6.07) is 10.2. The van der Waals surface area contributed by atoms with E-state index in [1.54, 1.807) is 7.05 Å². The topological polar surface area (TPSA) is 86.2 Å². The predicted molar refractivity (Wildman–Crippen MR) is 121 cm³/mol. The molecule has 0 spiro atoms. The monoisotopic (exact) mass is 410 g/mol. The fraction of sp³-hybridized carbons (Fsp3) is 0.455. The Morgan fingerprint density at radius 1 is 1.13 bits per heavy atom. The minimum Gasteiger partial charge on any atom is -0.303 e. The summed E-state index contributed by atoms with van der Waals surface area (Å²) in [5, 5.41) is 4.45. The summed E-state index contributed by atoms with van der Waals surface area (Å²) >= 11 is 0. The van der Waals surface area contributed by atoms with Crippen LogP contribution in [0.5, 0.6) is 0 Å². The summed E-state index contributed by atoms with van der Waals surface area (Å²) in [6.45, 7) is 6.82. The minimum absolute atomic E-state index is 0.351. The molecule has 160 valence electrons. The lowest BCUT2D eigenvalue weighted by molar-refractivity contribution is 0.650. The molecule has 1 N–H and O–H groups in total. The Morgan fingerprint density at radius 2 is 1.83 bits per heavy atom. The highest BCUT2D eigenvalue weighted by Gasteiger charge is 2.19. The van der Waals surface area contributed by atoms with Crippen molar-refractivity contribution in [1.82, 2.24) is 18.7 Å². The zero-order valence-electron chi connectivity index (χ0n) is 18.3. The molecular weight excluding hydrogens is 380 g/mol. The lowest BCUT2D eigenvalue weighted by atomic mass is 10.1. The van der Waals surface area contributed by atoms with Gasteiger partial charge in [-0.1, -0.05) is 44.2 Å². The van der Waals surface area contributed by atoms with Gasteiger partial charge in [0.2, 0.25) is 5.95 Å². The number of hydrazone groups is 1. The molecular formula is C22H30N6O2. The van der Waals surface area contributed by atoms with Crippen LogP contribution < -0.4 is 16.7 Å². The number of fused-ring (bicyclic) bond motifs is 1. The van der Waals surface area contributed by atoms with E-state index in [-0.39, 0.29) is 5.56 Å². The van der Waals surface area contributed by atoms with Crippen molar-refractivity contribution in [2.75, 3.05) is 5.43 Å². The van der Waals surface area contributed by atoms with E-state index in [2.05, 4.69) is 41.5 Å². The number of aromatic nitrogens is 4. The molecule has 2 aromatic heterocycles. The van der Waals surface area contributed by atoms with Crippen molar-refractivity contribution in [2.45, 2.75) is 46.6 Å². The van der Waals surface area contributed by atoms with Crippen LogP contribution in [0.4, 0.5) is 5.95 Å². The average molecular weight is 411 g/mol. The van der Waals surface area contributed by atoms with Gasteiger partial charge in [0.15, 0.2) is 11.2 Å². The summed E-state index contributed by atoms with van der Waals surface area (Å²) in [7, 11) is 3.12. The maximum atomic E-state index is 12.9. The van der Waals surface area contributed by atoms with Gasteiger partial charge in [0.1, 0.15) is 0 Å². The number of aryl methyl sites for hydroxylation is 3.